The van der Waals surface area contributed by atoms with Crippen LogP contribution < -0.4 is 5.32 Å². The van der Waals surface area contributed by atoms with Crippen molar-refractivity contribution in [1.29, 1.82) is 0 Å². The number of benzene rings is 2. The Balaban J connectivity index is 1.26. The highest BCUT2D eigenvalue weighted by Crippen LogP contribution is 2.36. The average molecular weight is 570 g/mol. The fraction of sp³-hybridized carbons (Fsp3) is 0.357. The second kappa shape index (κ2) is 10.5. The van der Waals surface area contributed by atoms with Crippen molar-refractivity contribution in [2.75, 3.05) is 6.54 Å². The minimum atomic E-state index is -1.03. The van der Waals surface area contributed by atoms with Crippen molar-refractivity contribution in [3.05, 3.63) is 81.6 Å². The van der Waals surface area contributed by atoms with Gasteiger partial charge in [-0.1, -0.05) is 54.6 Å². The Morgan fingerprint density at radius 3 is 2.47 bits per heavy atom. The van der Waals surface area contributed by atoms with Gasteiger partial charge < -0.3 is 19.7 Å². The second-order valence-electron chi connectivity index (χ2n) is 9.59. The first-order chi connectivity index (χ1) is 17.3. The number of thiophene rings is 1. The summed E-state index contributed by atoms with van der Waals surface area (Å²) in [5.41, 5.74) is 3.18. The fourth-order valence-electron chi connectivity index (χ4n) is 4.91. The van der Waals surface area contributed by atoms with Gasteiger partial charge in [0.1, 0.15) is 0 Å². The maximum atomic E-state index is 13.6. The van der Waals surface area contributed by atoms with Crippen LogP contribution in [-0.4, -0.2) is 41.3 Å². The van der Waals surface area contributed by atoms with Gasteiger partial charge in [-0.15, -0.1) is 11.3 Å². The zero-order valence-electron chi connectivity index (χ0n) is 20.3. The molecule has 0 bridgehead atoms. The molecule has 2 fully saturated rings. The van der Waals surface area contributed by atoms with Crippen LogP contribution in [0.4, 0.5) is 0 Å². The second-order valence-corrected chi connectivity index (χ2v) is 11.4. The monoisotopic (exact) mass is 568 g/mol. The predicted molar refractivity (Wildman–Crippen MR) is 143 cm³/mol. The molecule has 0 radical (unpaired) electrons. The molecule has 36 heavy (non-hydrogen) atoms. The van der Waals surface area contributed by atoms with Gasteiger partial charge in [-0.2, -0.15) is 0 Å². The number of amides is 2. The van der Waals surface area contributed by atoms with Crippen LogP contribution in [0, 0.1) is 0 Å². The molecule has 3 heterocycles. The van der Waals surface area contributed by atoms with E-state index >= 15 is 0 Å². The lowest BCUT2D eigenvalue weighted by atomic mass is 10.0. The Hall–Kier alpha value is -2.52. The van der Waals surface area contributed by atoms with E-state index in [0.717, 1.165) is 34.0 Å². The number of halogens is 1. The number of nitrogens with zero attached hydrogens (tertiary/aromatic N) is 1. The number of hydrogen-bond donors (Lipinski definition) is 1. The molecule has 1 N–H and O–H groups in total. The number of hydrogen-bond acceptors (Lipinski definition) is 5. The Kier molecular flexibility index (Phi) is 7.30. The molecule has 2 aliphatic heterocycles. The molecule has 2 amide bonds. The molecule has 0 spiro atoms. The lowest BCUT2D eigenvalue weighted by Crippen LogP contribution is -2.49. The molecule has 0 saturated carbocycles. The van der Waals surface area contributed by atoms with Gasteiger partial charge in [0.25, 0.3) is 11.8 Å². The van der Waals surface area contributed by atoms with Gasteiger partial charge in [0.15, 0.2) is 18.0 Å². The predicted octanol–water partition coefficient (Wildman–Crippen LogP) is 5.68. The van der Waals surface area contributed by atoms with E-state index in [1.165, 1.54) is 4.88 Å². The summed E-state index contributed by atoms with van der Waals surface area (Å²) in [6, 6.07) is 20.1. The average Bonchev–Trinajstić information content (AvgIpc) is 3.61. The molecule has 188 valence electrons. The van der Waals surface area contributed by atoms with Crippen molar-refractivity contribution in [2.24, 2.45) is 0 Å². The first kappa shape index (κ1) is 25.1. The standard InChI is InChI=1S/C28H29BrN2O4S/c1-28(2)34-23(24(35-28)27(33)31-15-6-9-22(31)19-7-4-3-5-8-19)26(32)30-17-18-10-12-20(13-11-18)25-21(29)14-16-36-25/h3-5,7-8,10-14,16,22-24H,6,9,15,17H2,1-2H3,(H,30,32)/t22?,23-,24-/m1/s1. The highest BCUT2D eigenvalue weighted by atomic mass is 79.9. The van der Waals surface area contributed by atoms with Gasteiger partial charge in [-0.05, 0) is 70.8 Å². The maximum Gasteiger partial charge on any atom is 0.255 e. The Morgan fingerprint density at radius 1 is 1.06 bits per heavy atom. The van der Waals surface area contributed by atoms with E-state index in [-0.39, 0.29) is 17.9 Å². The molecule has 3 atom stereocenters. The largest absolute Gasteiger partial charge is 0.350 e. The van der Waals surface area contributed by atoms with Crippen LogP contribution in [0.5, 0.6) is 0 Å². The first-order valence-corrected chi connectivity index (χ1v) is 13.8. The summed E-state index contributed by atoms with van der Waals surface area (Å²) in [5, 5.41) is 4.98. The Bertz CT molecular complexity index is 1230. The number of ether oxygens (including phenoxy) is 2. The van der Waals surface area contributed by atoms with E-state index in [1.807, 2.05) is 70.9 Å². The van der Waals surface area contributed by atoms with E-state index in [2.05, 4.69) is 21.2 Å². The smallest absolute Gasteiger partial charge is 0.255 e. The summed E-state index contributed by atoms with van der Waals surface area (Å²) in [4.78, 5) is 29.8. The van der Waals surface area contributed by atoms with Crippen molar-refractivity contribution in [2.45, 2.75) is 57.3 Å². The Morgan fingerprint density at radius 2 is 1.78 bits per heavy atom. The zero-order chi connectivity index (χ0) is 25.3. The first-order valence-electron chi connectivity index (χ1n) is 12.1. The molecule has 2 aliphatic rings. The topological polar surface area (TPSA) is 67.9 Å². The maximum absolute atomic E-state index is 13.6. The van der Waals surface area contributed by atoms with Crippen LogP contribution in [0.25, 0.3) is 10.4 Å². The number of likely N-dealkylation sites (tertiary alicyclic amines) is 1. The molecule has 2 aromatic carbocycles. The lowest BCUT2D eigenvalue weighted by molar-refractivity contribution is -0.163. The fourth-order valence-corrected chi connectivity index (χ4v) is 6.52. The van der Waals surface area contributed by atoms with Crippen molar-refractivity contribution in [3.8, 4) is 10.4 Å². The molecule has 3 aromatic rings. The number of carbonyl (C=O) groups excluding carboxylic acids is 2. The van der Waals surface area contributed by atoms with Gasteiger partial charge in [0, 0.05) is 22.4 Å². The Labute approximate surface area is 223 Å². The van der Waals surface area contributed by atoms with Crippen LogP contribution in [0.1, 0.15) is 43.9 Å². The van der Waals surface area contributed by atoms with Gasteiger partial charge in [0.05, 0.1) is 6.04 Å². The summed E-state index contributed by atoms with van der Waals surface area (Å²) in [5.74, 6) is -1.57. The number of rotatable bonds is 6. The highest BCUT2D eigenvalue weighted by Gasteiger charge is 2.51. The van der Waals surface area contributed by atoms with E-state index < -0.39 is 18.0 Å². The van der Waals surface area contributed by atoms with Crippen molar-refractivity contribution in [1.82, 2.24) is 10.2 Å². The van der Waals surface area contributed by atoms with E-state index in [9.17, 15) is 9.59 Å². The zero-order valence-corrected chi connectivity index (χ0v) is 22.7. The third-order valence-corrected chi connectivity index (χ3v) is 8.51. The van der Waals surface area contributed by atoms with Crippen LogP contribution >= 0.6 is 27.3 Å². The van der Waals surface area contributed by atoms with Crippen LogP contribution in [0.2, 0.25) is 0 Å². The SMILES string of the molecule is CC1(C)O[C@@H](C(=O)NCc2ccc(-c3sccc3Br)cc2)[C@H](C(=O)N2CCCC2c2ccccc2)O1. The van der Waals surface area contributed by atoms with Crippen molar-refractivity contribution >= 4 is 39.1 Å². The number of nitrogens with one attached hydrogen (secondary N) is 1. The molecule has 6 nitrogen and oxygen atoms in total. The molecular formula is C28H29BrN2O4S. The molecule has 0 aliphatic carbocycles. The molecular weight excluding hydrogens is 540 g/mol. The normalized spacial score (nSPS) is 23.1. The minimum Gasteiger partial charge on any atom is -0.350 e. The van der Waals surface area contributed by atoms with Gasteiger partial charge in [0.2, 0.25) is 0 Å². The van der Waals surface area contributed by atoms with Gasteiger partial charge in [-0.3, -0.25) is 9.59 Å². The minimum absolute atomic E-state index is 0.0170. The van der Waals surface area contributed by atoms with Crippen LogP contribution in [0.3, 0.4) is 0 Å². The molecule has 5 rings (SSSR count). The summed E-state index contributed by atoms with van der Waals surface area (Å²) >= 11 is 5.25. The summed E-state index contributed by atoms with van der Waals surface area (Å²) < 4.78 is 13.0. The quantitative estimate of drug-likeness (QED) is 0.415. The van der Waals surface area contributed by atoms with Crippen LogP contribution in [-0.2, 0) is 25.6 Å². The van der Waals surface area contributed by atoms with Crippen molar-refractivity contribution in [3.63, 3.8) is 0 Å². The van der Waals surface area contributed by atoms with Gasteiger partial charge >= 0.3 is 0 Å². The summed E-state index contributed by atoms with van der Waals surface area (Å²) in [6.07, 6.45) is -0.188. The lowest BCUT2D eigenvalue weighted by Gasteiger charge is -2.28. The third kappa shape index (κ3) is 5.27. The molecule has 2 saturated heterocycles. The summed E-state index contributed by atoms with van der Waals surface area (Å²) in [6.45, 7) is 4.45. The van der Waals surface area contributed by atoms with Crippen molar-refractivity contribution < 1.29 is 19.1 Å². The van der Waals surface area contributed by atoms with E-state index in [1.54, 1.807) is 25.2 Å². The summed E-state index contributed by atoms with van der Waals surface area (Å²) in [7, 11) is 0. The third-order valence-electron chi connectivity index (χ3n) is 6.62. The molecule has 1 aromatic heterocycles. The molecule has 8 heteroatoms. The highest BCUT2D eigenvalue weighted by molar-refractivity contribution is 9.10. The van der Waals surface area contributed by atoms with E-state index in [4.69, 9.17) is 9.47 Å². The number of carbonyl (C=O) groups is 2. The molecule has 1 unspecified atom stereocenters. The van der Waals surface area contributed by atoms with Gasteiger partial charge in [-0.25, -0.2) is 0 Å². The van der Waals surface area contributed by atoms with Crippen LogP contribution in [0.15, 0.2) is 70.5 Å². The van der Waals surface area contributed by atoms with E-state index in [0.29, 0.717) is 13.1 Å².